The van der Waals surface area contributed by atoms with Gasteiger partial charge in [0.25, 0.3) is 5.91 Å². The number of carbonyl (C=O) groups is 1. The van der Waals surface area contributed by atoms with Crippen LogP contribution in [0.2, 0.25) is 0 Å². The molecule has 0 unspecified atom stereocenters. The molecular formula is C14H13N3O2. The minimum atomic E-state index is -0.229. The van der Waals surface area contributed by atoms with E-state index in [1.54, 1.807) is 48.3 Å². The zero-order valence-corrected chi connectivity index (χ0v) is 10.4. The SMILES string of the molecule is Cn1cccc1C(=O)Nc1cc(C#CCO)ccn1. The van der Waals surface area contributed by atoms with Crippen LogP contribution in [0.25, 0.3) is 0 Å². The van der Waals surface area contributed by atoms with Gasteiger partial charge in [0.15, 0.2) is 0 Å². The summed E-state index contributed by atoms with van der Waals surface area (Å²) in [5.41, 5.74) is 1.24. The zero-order valence-electron chi connectivity index (χ0n) is 10.4. The molecule has 5 nitrogen and oxygen atoms in total. The number of hydrogen-bond acceptors (Lipinski definition) is 3. The molecule has 0 aliphatic carbocycles. The fraction of sp³-hybridized carbons (Fsp3) is 0.143. The molecule has 0 spiro atoms. The van der Waals surface area contributed by atoms with Gasteiger partial charge < -0.3 is 15.0 Å². The fourth-order valence-electron chi connectivity index (χ4n) is 1.60. The van der Waals surface area contributed by atoms with Gasteiger partial charge >= 0.3 is 0 Å². The Morgan fingerprint density at radius 1 is 1.53 bits per heavy atom. The van der Waals surface area contributed by atoms with Gasteiger partial charge in [0.05, 0.1) is 0 Å². The Kier molecular flexibility index (Phi) is 3.96. The normalized spacial score (nSPS) is 9.58. The van der Waals surface area contributed by atoms with Crippen molar-refractivity contribution in [1.29, 1.82) is 0 Å². The Morgan fingerprint density at radius 3 is 3.05 bits per heavy atom. The van der Waals surface area contributed by atoms with Gasteiger partial charge in [0.2, 0.25) is 0 Å². The van der Waals surface area contributed by atoms with Crippen molar-refractivity contribution in [3.8, 4) is 11.8 Å². The zero-order chi connectivity index (χ0) is 13.7. The van der Waals surface area contributed by atoms with Crippen LogP contribution in [-0.4, -0.2) is 27.2 Å². The van der Waals surface area contributed by atoms with Crippen molar-refractivity contribution in [3.05, 3.63) is 47.9 Å². The summed E-state index contributed by atoms with van der Waals surface area (Å²) < 4.78 is 1.73. The van der Waals surface area contributed by atoms with Crippen molar-refractivity contribution in [2.24, 2.45) is 7.05 Å². The number of rotatable bonds is 2. The molecule has 2 heterocycles. The molecule has 2 rings (SSSR count). The highest BCUT2D eigenvalue weighted by Gasteiger charge is 2.09. The van der Waals surface area contributed by atoms with Crippen molar-refractivity contribution >= 4 is 11.7 Å². The van der Waals surface area contributed by atoms with Gasteiger partial charge in [-0.1, -0.05) is 11.8 Å². The lowest BCUT2D eigenvalue weighted by Gasteiger charge is -2.05. The highest BCUT2D eigenvalue weighted by Crippen LogP contribution is 2.08. The molecule has 0 atom stereocenters. The van der Waals surface area contributed by atoms with Crippen molar-refractivity contribution < 1.29 is 9.90 Å². The molecule has 0 saturated heterocycles. The number of carbonyl (C=O) groups excluding carboxylic acids is 1. The van der Waals surface area contributed by atoms with Crippen LogP contribution in [0.3, 0.4) is 0 Å². The number of hydrogen-bond donors (Lipinski definition) is 2. The van der Waals surface area contributed by atoms with Gasteiger partial charge in [-0.15, -0.1) is 0 Å². The molecule has 19 heavy (non-hydrogen) atoms. The summed E-state index contributed by atoms with van der Waals surface area (Å²) in [7, 11) is 1.80. The van der Waals surface area contributed by atoms with E-state index in [2.05, 4.69) is 22.1 Å². The van der Waals surface area contributed by atoms with Gasteiger partial charge in [-0.2, -0.15) is 0 Å². The van der Waals surface area contributed by atoms with E-state index in [1.807, 2.05) is 0 Å². The van der Waals surface area contributed by atoms with Gasteiger partial charge in [-0.05, 0) is 24.3 Å². The van der Waals surface area contributed by atoms with E-state index < -0.39 is 0 Å². The first-order valence-corrected chi connectivity index (χ1v) is 5.69. The Balaban J connectivity index is 2.15. The molecule has 0 saturated carbocycles. The number of aliphatic hydroxyl groups is 1. The monoisotopic (exact) mass is 255 g/mol. The van der Waals surface area contributed by atoms with Gasteiger partial charge in [-0.25, -0.2) is 4.98 Å². The van der Waals surface area contributed by atoms with Crippen LogP contribution in [0.4, 0.5) is 5.82 Å². The average Bonchev–Trinajstić information content (AvgIpc) is 2.83. The van der Waals surface area contributed by atoms with Gasteiger partial charge in [0, 0.05) is 25.0 Å². The number of nitrogens with zero attached hydrogens (tertiary/aromatic N) is 2. The molecule has 5 heteroatoms. The predicted molar refractivity (Wildman–Crippen MR) is 71.6 cm³/mol. The molecule has 2 aromatic heterocycles. The predicted octanol–water partition coefficient (Wildman–Crippen LogP) is 1.02. The molecule has 1 amide bonds. The molecule has 0 radical (unpaired) electrons. The van der Waals surface area contributed by atoms with E-state index in [9.17, 15) is 4.79 Å². The number of aryl methyl sites for hydroxylation is 1. The van der Waals surface area contributed by atoms with Crippen molar-refractivity contribution in [3.63, 3.8) is 0 Å². The largest absolute Gasteiger partial charge is 0.384 e. The lowest BCUT2D eigenvalue weighted by Crippen LogP contribution is -2.16. The second-order valence-electron chi connectivity index (χ2n) is 3.85. The lowest BCUT2D eigenvalue weighted by atomic mass is 10.2. The Labute approximate surface area is 110 Å². The molecule has 2 aromatic rings. The third-order valence-corrected chi connectivity index (χ3v) is 2.49. The topological polar surface area (TPSA) is 67.2 Å². The van der Waals surface area contributed by atoms with E-state index in [0.717, 1.165) is 0 Å². The third-order valence-electron chi connectivity index (χ3n) is 2.49. The number of nitrogens with one attached hydrogen (secondary N) is 1. The standard InChI is InChI=1S/C14H13N3O2/c1-17-8-2-5-12(17)14(19)16-13-10-11(4-3-9-18)6-7-15-13/h2,5-8,10,18H,9H2,1H3,(H,15,16,19). The number of amides is 1. The lowest BCUT2D eigenvalue weighted by molar-refractivity contribution is 0.101. The minimum Gasteiger partial charge on any atom is -0.384 e. The summed E-state index contributed by atoms with van der Waals surface area (Å²) in [6.45, 7) is -0.201. The van der Waals surface area contributed by atoms with Crippen LogP contribution in [0.1, 0.15) is 16.1 Å². The highest BCUT2D eigenvalue weighted by atomic mass is 16.2. The summed E-state index contributed by atoms with van der Waals surface area (Å²) in [6, 6.07) is 6.89. The summed E-state index contributed by atoms with van der Waals surface area (Å²) in [6.07, 6.45) is 3.35. The van der Waals surface area contributed by atoms with E-state index in [1.165, 1.54) is 0 Å². The first-order chi connectivity index (χ1) is 9.20. The van der Waals surface area contributed by atoms with E-state index in [0.29, 0.717) is 17.1 Å². The number of aromatic nitrogens is 2. The van der Waals surface area contributed by atoms with Crippen molar-refractivity contribution in [2.45, 2.75) is 0 Å². The maximum absolute atomic E-state index is 12.0. The van der Waals surface area contributed by atoms with Crippen LogP contribution >= 0.6 is 0 Å². The van der Waals surface area contributed by atoms with Crippen LogP contribution in [0, 0.1) is 11.8 Å². The highest BCUT2D eigenvalue weighted by molar-refractivity contribution is 6.02. The Hall–Kier alpha value is -2.58. The maximum Gasteiger partial charge on any atom is 0.273 e. The smallest absolute Gasteiger partial charge is 0.273 e. The van der Waals surface area contributed by atoms with Crippen molar-refractivity contribution in [2.75, 3.05) is 11.9 Å². The van der Waals surface area contributed by atoms with E-state index >= 15 is 0 Å². The molecule has 0 aromatic carbocycles. The van der Waals surface area contributed by atoms with Crippen molar-refractivity contribution in [1.82, 2.24) is 9.55 Å². The van der Waals surface area contributed by atoms with Crippen LogP contribution < -0.4 is 5.32 Å². The van der Waals surface area contributed by atoms with E-state index in [4.69, 9.17) is 5.11 Å². The van der Waals surface area contributed by atoms with Gasteiger partial charge in [-0.3, -0.25) is 4.79 Å². The van der Waals surface area contributed by atoms with Crippen LogP contribution in [0.5, 0.6) is 0 Å². The van der Waals surface area contributed by atoms with Crippen LogP contribution in [0.15, 0.2) is 36.7 Å². The molecule has 0 aliphatic rings. The average molecular weight is 255 g/mol. The molecule has 0 aliphatic heterocycles. The fourth-order valence-corrected chi connectivity index (χ4v) is 1.60. The summed E-state index contributed by atoms with van der Waals surface area (Å²) in [4.78, 5) is 16.0. The summed E-state index contributed by atoms with van der Waals surface area (Å²) in [5.74, 6) is 5.50. The quantitative estimate of drug-likeness (QED) is 0.787. The number of anilines is 1. The number of aliphatic hydroxyl groups excluding tert-OH is 1. The third kappa shape index (κ3) is 3.21. The second kappa shape index (κ2) is 5.85. The Bertz CT molecular complexity index is 650. The molecule has 96 valence electrons. The molecular weight excluding hydrogens is 242 g/mol. The van der Waals surface area contributed by atoms with E-state index in [-0.39, 0.29) is 12.5 Å². The summed E-state index contributed by atoms with van der Waals surface area (Å²) in [5, 5.41) is 11.3. The van der Waals surface area contributed by atoms with Crippen LogP contribution in [-0.2, 0) is 7.05 Å². The van der Waals surface area contributed by atoms with Gasteiger partial charge in [0.1, 0.15) is 18.1 Å². The molecule has 0 bridgehead atoms. The number of pyridine rings is 1. The second-order valence-corrected chi connectivity index (χ2v) is 3.85. The first-order valence-electron chi connectivity index (χ1n) is 5.69. The molecule has 0 fully saturated rings. The first kappa shape index (κ1) is 12.9. The summed E-state index contributed by atoms with van der Waals surface area (Å²) >= 11 is 0. The molecule has 2 N–H and O–H groups in total. The maximum atomic E-state index is 12.0. The Morgan fingerprint density at radius 2 is 2.37 bits per heavy atom. The minimum absolute atomic E-state index is 0.201.